The van der Waals surface area contributed by atoms with Crippen molar-refractivity contribution in [1.29, 1.82) is 0 Å². The van der Waals surface area contributed by atoms with E-state index in [-0.39, 0.29) is 0 Å². The third-order valence-corrected chi connectivity index (χ3v) is 1.98. The molecule has 0 radical (unpaired) electrons. The molecule has 1 heterocycles. The number of aromatic amines is 1. The van der Waals surface area contributed by atoms with E-state index in [0.29, 0.717) is 4.77 Å². The van der Waals surface area contributed by atoms with Gasteiger partial charge in [-0.25, -0.2) is 0 Å². The smallest absolute Gasteiger partial charge is 0.194 e. The number of nitrogens with zero attached hydrogens (tertiary/aromatic N) is 2. The highest BCUT2D eigenvalue weighted by Gasteiger charge is 1.93. The maximum absolute atomic E-state index is 5.34. The monoisotopic (exact) mass is 201 g/mol. The number of nitrogens with one attached hydrogen (secondary N) is 1. The van der Waals surface area contributed by atoms with Gasteiger partial charge in [-0.2, -0.15) is 5.10 Å². The molecule has 0 fully saturated rings. The molecule has 1 rings (SSSR count). The van der Waals surface area contributed by atoms with Crippen LogP contribution in [0.3, 0.4) is 0 Å². The quantitative estimate of drug-likeness (QED) is 0.563. The number of aromatic nitrogens is 3. The van der Waals surface area contributed by atoms with Gasteiger partial charge in [0.25, 0.3) is 0 Å². The molecule has 0 saturated carbocycles. The molecule has 5 heteroatoms. The second kappa shape index (κ2) is 5.88. The van der Waals surface area contributed by atoms with E-state index in [9.17, 15) is 0 Å². The highest BCUT2D eigenvalue weighted by molar-refractivity contribution is 7.71. The van der Waals surface area contributed by atoms with E-state index in [2.05, 4.69) is 17.1 Å². The molecule has 0 aliphatic heterocycles. The fourth-order valence-corrected chi connectivity index (χ4v) is 1.20. The van der Waals surface area contributed by atoms with E-state index >= 15 is 0 Å². The Kier molecular flexibility index (Phi) is 4.70. The van der Waals surface area contributed by atoms with Gasteiger partial charge in [0.15, 0.2) is 4.77 Å². The second-order valence-electron chi connectivity index (χ2n) is 2.82. The summed E-state index contributed by atoms with van der Waals surface area (Å²) in [5, 5.41) is 6.54. The van der Waals surface area contributed by atoms with E-state index in [4.69, 9.17) is 17.0 Å². The largest absolute Gasteiger partial charge is 0.381 e. The first kappa shape index (κ1) is 10.4. The summed E-state index contributed by atoms with van der Waals surface area (Å²) in [6.45, 7) is 4.61. The van der Waals surface area contributed by atoms with Gasteiger partial charge < -0.3 is 9.30 Å². The van der Waals surface area contributed by atoms with Crippen molar-refractivity contribution >= 4 is 12.2 Å². The van der Waals surface area contributed by atoms with Gasteiger partial charge >= 0.3 is 0 Å². The second-order valence-corrected chi connectivity index (χ2v) is 3.21. The molecule has 0 amide bonds. The summed E-state index contributed by atoms with van der Waals surface area (Å²) in [6, 6.07) is 0. The van der Waals surface area contributed by atoms with Gasteiger partial charge in [-0.3, -0.25) is 5.10 Å². The highest BCUT2D eigenvalue weighted by atomic mass is 32.1. The zero-order valence-corrected chi connectivity index (χ0v) is 8.64. The summed E-state index contributed by atoms with van der Waals surface area (Å²) in [5.74, 6) is 0. The Bertz CT molecular complexity index is 281. The molecule has 74 valence electrons. The lowest BCUT2D eigenvalue weighted by Gasteiger charge is -2.02. The molecule has 1 N–H and O–H groups in total. The first-order valence-corrected chi connectivity index (χ1v) is 4.93. The fourth-order valence-electron chi connectivity index (χ4n) is 1.01. The lowest BCUT2D eigenvalue weighted by molar-refractivity contribution is 0.129. The Morgan fingerprint density at radius 1 is 1.62 bits per heavy atom. The number of rotatable bonds is 6. The molecule has 0 atom stereocenters. The number of hydrogen-bond acceptors (Lipinski definition) is 3. The Labute approximate surface area is 82.9 Å². The maximum Gasteiger partial charge on any atom is 0.194 e. The third kappa shape index (κ3) is 3.69. The summed E-state index contributed by atoms with van der Waals surface area (Å²) < 4.78 is 7.93. The number of H-pyrrole nitrogens is 1. The van der Waals surface area contributed by atoms with Gasteiger partial charge in [-0.05, 0) is 25.1 Å². The zero-order valence-electron chi connectivity index (χ0n) is 7.82. The van der Waals surface area contributed by atoms with Crippen LogP contribution < -0.4 is 0 Å². The summed E-state index contributed by atoms with van der Waals surface area (Å²) in [5.41, 5.74) is 0. The van der Waals surface area contributed by atoms with Gasteiger partial charge in [0, 0.05) is 19.8 Å². The van der Waals surface area contributed by atoms with Crippen LogP contribution in [0.1, 0.15) is 19.8 Å². The molecule has 4 nitrogen and oxygen atoms in total. The van der Waals surface area contributed by atoms with Gasteiger partial charge in [-0.15, -0.1) is 0 Å². The van der Waals surface area contributed by atoms with E-state index in [1.54, 1.807) is 6.33 Å². The van der Waals surface area contributed by atoms with Crippen LogP contribution in [-0.4, -0.2) is 28.0 Å². The molecule has 0 aliphatic carbocycles. The third-order valence-electron chi connectivity index (χ3n) is 1.65. The maximum atomic E-state index is 5.34. The van der Waals surface area contributed by atoms with Gasteiger partial charge in [-0.1, -0.05) is 6.92 Å². The van der Waals surface area contributed by atoms with Crippen LogP contribution in [0.2, 0.25) is 0 Å². The zero-order chi connectivity index (χ0) is 9.52. The molecule has 0 aliphatic rings. The predicted molar refractivity (Wildman–Crippen MR) is 53.1 cm³/mol. The Hall–Kier alpha value is -0.680. The minimum atomic E-state index is 0.676. The van der Waals surface area contributed by atoms with Gasteiger partial charge in [0.05, 0.1) is 0 Å². The van der Waals surface area contributed by atoms with Crippen molar-refractivity contribution in [2.24, 2.45) is 0 Å². The Morgan fingerprint density at radius 2 is 2.46 bits per heavy atom. The summed E-state index contributed by atoms with van der Waals surface area (Å²) in [7, 11) is 0. The van der Waals surface area contributed by atoms with Crippen molar-refractivity contribution in [3.05, 3.63) is 11.1 Å². The van der Waals surface area contributed by atoms with Crippen LogP contribution in [0.5, 0.6) is 0 Å². The van der Waals surface area contributed by atoms with Crippen LogP contribution in [0.15, 0.2) is 6.33 Å². The number of aryl methyl sites for hydroxylation is 1. The summed E-state index contributed by atoms with van der Waals surface area (Å²) in [6.07, 6.45) is 3.77. The SMILES string of the molecule is CCCOCCCn1cn[nH]c1=S. The molecule has 0 saturated heterocycles. The normalized spacial score (nSPS) is 10.5. The Morgan fingerprint density at radius 3 is 3.08 bits per heavy atom. The van der Waals surface area contributed by atoms with Crippen LogP contribution in [0.4, 0.5) is 0 Å². The molecule has 1 aromatic heterocycles. The van der Waals surface area contributed by atoms with Crippen molar-refractivity contribution in [2.75, 3.05) is 13.2 Å². The van der Waals surface area contributed by atoms with Crippen molar-refractivity contribution in [3.8, 4) is 0 Å². The number of ether oxygens (including phenoxy) is 1. The lowest BCUT2D eigenvalue weighted by atomic mass is 10.4. The van der Waals surface area contributed by atoms with Crippen LogP contribution >= 0.6 is 12.2 Å². The molecule has 0 aromatic carbocycles. The molecule has 0 spiro atoms. The summed E-state index contributed by atoms with van der Waals surface area (Å²) in [4.78, 5) is 0. The fraction of sp³-hybridized carbons (Fsp3) is 0.750. The van der Waals surface area contributed by atoms with Crippen molar-refractivity contribution in [1.82, 2.24) is 14.8 Å². The van der Waals surface area contributed by atoms with Crippen molar-refractivity contribution < 1.29 is 4.74 Å². The average Bonchev–Trinajstić information content (AvgIpc) is 2.52. The standard InChI is InChI=1S/C8H15N3OS/c1-2-5-12-6-3-4-11-7-9-10-8(11)13/h7H,2-6H2,1H3,(H,10,13). The van der Waals surface area contributed by atoms with E-state index in [0.717, 1.165) is 32.6 Å². The number of hydrogen-bond donors (Lipinski definition) is 1. The molecule has 0 unspecified atom stereocenters. The Balaban J connectivity index is 2.13. The average molecular weight is 201 g/mol. The lowest BCUT2D eigenvalue weighted by Crippen LogP contribution is -2.02. The van der Waals surface area contributed by atoms with Crippen molar-refractivity contribution in [3.63, 3.8) is 0 Å². The van der Waals surface area contributed by atoms with Gasteiger partial charge in [0.1, 0.15) is 6.33 Å². The minimum Gasteiger partial charge on any atom is -0.381 e. The first-order valence-electron chi connectivity index (χ1n) is 4.52. The predicted octanol–water partition coefficient (Wildman–Crippen LogP) is 1.76. The van der Waals surface area contributed by atoms with Crippen LogP contribution in [-0.2, 0) is 11.3 Å². The van der Waals surface area contributed by atoms with E-state index in [1.807, 2.05) is 4.57 Å². The topological polar surface area (TPSA) is 42.8 Å². The van der Waals surface area contributed by atoms with E-state index in [1.165, 1.54) is 0 Å². The van der Waals surface area contributed by atoms with Crippen LogP contribution in [0.25, 0.3) is 0 Å². The molecule has 0 bridgehead atoms. The summed E-state index contributed by atoms with van der Waals surface area (Å²) >= 11 is 4.99. The molecular formula is C8H15N3OS. The highest BCUT2D eigenvalue weighted by Crippen LogP contribution is 1.92. The molecule has 1 aromatic rings. The first-order chi connectivity index (χ1) is 6.34. The van der Waals surface area contributed by atoms with E-state index < -0.39 is 0 Å². The molecular weight excluding hydrogens is 186 g/mol. The van der Waals surface area contributed by atoms with Crippen molar-refractivity contribution in [2.45, 2.75) is 26.3 Å². The van der Waals surface area contributed by atoms with Gasteiger partial charge in [0.2, 0.25) is 0 Å². The molecule has 13 heavy (non-hydrogen) atoms. The van der Waals surface area contributed by atoms with Crippen LogP contribution in [0, 0.1) is 4.77 Å². The minimum absolute atomic E-state index is 0.676.